The fraction of sp³-hybridized carbons (Fsp3) is 0.280. The van der Waals surface area contributed by atoms with Crippen LogP contribution in [0.3, 0.4) is 0 Å². The van der Waals surface area contributed by atoms with Crippen LogP contribution < -0.4 is 10.6 Å². The van der Waals surface area contributed by atoms with E-state index < -0.39 is 12.0 Å². The number of ether oxygens (including phenoxy) is 1. The van der Waals surface area contributed by atoms with Crippen LogP contribution in [-0.2, 0) is 17.5 Å². The smallest absolute Gasteiger partial charge is 0.387 e. The standard InChI is InChI=1S/C13H17N3O2.C12H7ClF3N7O/c1-9-6-10(8-14)7-11(12(9)15-2)13(17)16-4-5-18-3;13-9-2-1-3-17-10(9)23-8(6-24)4-7(19-23)5-22-11(12(14,15)16)18-20-21-22/h6-7,15H,4-5H2,1-3H3,(H,16,17);1-4,6H,5H2. The molecule has 3 heterocycles. The number of halogens is 4. The lowest BCUT2D eigenvalue weighted by molar-refractivity contribution is -0.147. The molecule has 0 aliphatic carbocycles. The second-order valence-electron chi connectivity index (χ2n) is 8.38. The highest BCUT2D eigenvalue weighted by atomic mass is 35.5. The van der Waals surface area contributed by atoms with Gasteiger partial charge in [-0.2, -0.15) is 23.5 Å². The number of carbonyl (C=O) groups excluding carboxylic acids is 2. The number of aryl methyl sites for hydroxylation is 1. The molecule has 0 unspecified atom stereocenters. The monoisotopic (exact) mass is 604 g/mol. The molecule has 0 radical (unpaired) electrons. The summed E-state index contributed by atoms with van der Waals surface area (Å²) in [6.07, 6.45) is -2.77. The number of hydrogen-bond acceptors (Lipinski definition) is 10. The summed E-state index contributed by atoms with van der Waals surface area (Å²) in [5.41, 5.74) is 2.77. The van der Waals surface area contributed by atoms with Crippen molar-refractivity contribution in [1.29, 1.82) is 5.26 Å². The Morgan fingerprint density at radius 2 is 2.05 bits per heavy atom. The number of nitriles is 1. The highest BCUT2D eigenvalue weighted by Gasteiger charge is 2.38. The SMILES string of the molecule is CNc1c(C)cc(C#N)cc1C(=O)NCCOC.O=Cc1cc(Cn2nnnc2C(F)(F)F)nn1-c1ncccc1Cl. The number of nitrogens with zero attached hydrogens (tertiary/aromatic N) is 8. The molecule has 3 aromatic heterocycles. The van der Waals surface area contributed by atoms with Crippen LogP contribution in [-0.4, -0.2) is 74.5 Å². The van der Waals surface area contributed by atoms with Crippen LogP contribution in [0.5, 0.6) is 0 Å². The van der Waals surface area contributed by atoms with Gasteiger partial charge in [0.2, 0.25) is 0 Å². The van der Waals surface area contributed by atoms with Gasteiger partial charge in [-0.3, -0.25) is 9.59 Å². The Balaban J connectivity index is 0.000000241. The second kappa shape index (κ2) is 14.1. The summed E-state index contributed by atoms with van der Waals surface area (Å²) in [6, 6.07) is 9.82. The van der Waals surface area contributed by atoms with E-state index in [1.807, 2.05) is 13.0 Å². The first kappa shape index (κ1) is 31.6. The van der Waals surface area contributed by atoms with Crippen LogP contribution in [0.25, 0.3) is 5.82 Å². The van der Waals surface area contributed by atoms with E-state index in [0.29, 0.717) is 35.2 Å². The fourth-order valence-corrected chi connectivity index (χ4v) is 3.90. The molecule has 0 fully saturated rings. The molecule has 0 spiro atoms. The van der Waals surface area contributed by atoms with Crippen LogP contribution in [0.4, 0.5) is 18.9 Å². The van der Waals surface area contributed by atoms with Crippen LogP contribution in [0.2, 0.25) is 5.02 Å². The van der Waals surface area contributed by atoms with Gasteiger partial charge in [-0.1, -0.05) is 11.6 Å². The quantitative estimate of drug-likeness (QED) is 0.214. The Hall–Kier alpha value is -4.88. The number of methoxy groups -OCH3 is 1. The normalized spacial score (nSPS) is 10.8. The second-order valence-corrected chi connectivity index (χ2v) is 8.79. The van der Waals surface area contributed by atoms with E-state index in [4.69, 9.17) is 21.6 Å². The van der Waals surface area contributed by atoms with E-state index in [1.54, 1.807) is 38.4 Å². The summed E-state index contributed by atoms with van der Waals surface area (Å²) < 4.78 is 44.9. The minimum absolute atomic E-state index is 0.0761. The van der Waals surface area contributed by atoms with Crippen LogP contribution in [0.15, 0.2) is 36.5 Å². The molecular weight excluding hydrogens is 581 g/mol. The van der Waals surface area contributed by atoms with Crippen molar-refractivity contribution in [2.45, 2.75) is 19.6 Å². The molecule has 220 valence electrons. The Morgan fingerprint density at radius 1 is 1.29 bits per heavy atom. The number of nitrogens with one attached hydrogen (secondary N) is 2. The van der Waals surface area contributed by atoms with Crippen LogP contribution in [0, 0.1) is 18.3 Å². The summed E-state index contributed by atoms with van der Waals surface area (Å²) in [6.45, 7) is 2.38. The average molecular weight is 605 g/mol. The van der Waals surface area contributed by atoms with E-state index in [1.165, 1.54) is 12.3 Å². The van der Waals surface area contributed by atoms with Crippen molar-refractivity contribution >= 4 is 29.5 Å². The molecule has 0 bridgehead atoms. The summed E-state index contributed by atoms with van der Waals surface area (Å²) in [5.74, 6) is -1.29. The molecule has 2 N–H and O–H groups in total. The largest absolute Gasteiger partial charge is 0.453 e. The third-order valence-corrected chi connectivity index (χ3v) is 5.79. The van der Waals surface area contributed by atoms with Crippen molar-refractivity contribution in [1.82, 2.24) is 40.3 Å². The van der Waals surface area contributed by atoms with Crippen molar-refractivity contribution < 1.29 is 27.5 Å². The first-order valence-corrected chi connectivity index (χ1v) is 12.4. The van der Waals surface area contributed by atoms with Crippen molar-refractivity contribution in [3.05, 3.63) is 75.5 Å². The highest BCUT2D eigenvalue weighted by molar-refractivity contribution is 6.32. The molecular formula is C25H24ClF3N10O3. The van der Waals surface area contributed by atoms with Gasteiger partial charge in [-0.25, -0.2) is 14.3 Å². The Bertz CT molecular complexity index is 1600. The minimum atomic E-state index is -4.70. The van der Waals surface area contributed by atoms with Gasteiger partial charge in [-0.15, -0.1) is 5.10 Å². The maximum Gasteiger partial charge on any atom is 0.453 e. The average Bonchev–Trinajstić information content (AvgIpc) is 3.60. The number of aromatic nitrogens is 7. The van der Waals surface area contributed by atoms with E-state index >= 15 is 0 Å². The van der Waals surface area contributed by atoms with Gasteiger partial charge in [0, 0.05) is 32.6 Å². The molecule has 0 saturated carbocycles. The molecule has 0 aliphatic heterocycles. The topological polar surface area (TPSA) is 166 Å². The van der Waals surface area contributed by atoms with Crippen LogP contribution in [0.1, 0.15) is 43.5 Å². The maximum atomic E-state index is 12.8. The number of hydrogen-bond donors (Lipinski definition) is 2. The summed E-state index contributed by atoms with van der Waals surface area (Å²) in [4.78, 5) is 27.2. The van der Waals surface area contributed by atoms with Gasteiger partial charge in [-0.05, 0) is 53.2 Å². The molecule has 0 saturated heterocycles. The highest BCUT2D eigenvalue weighted by Crippen LogP contribution is 2.27. The molecule has 1 aromatic carbocycles. The Morgan fingerprint density at radius 3 is 2.67 bits per heavy atom. The molecule has 13 nitrogen and oxygen atoms in total. The predicted molar refractivity (Wildman–Crippen MR) is 143 cm³/mol. The number of pyridine rings is 1. The van der Waals surface area contributed by atoms with Crippen LogP contribution >= 0.6 is 11.6 Å². The number of benzene rings is 1. The lowest BCUT2D eigenvalue weighted by atomic mass is 10.0. The first-order valence-electron chi connectivity index (χ1n) is 12.0. The molecule has 4 rings (SSSR count). The molecule has 4 aromatic rings. The number of rotatable bonds is 9. The summed E-state index contributed by atoms with van der Waals surface area (Å²) in [7, 11) is 3.33. The minimum Gasteiger partial charge on any atom is -0.387 e. The number of amides is 1. The third-order valence-electron chi connectivity index (χ3n) is 5.50. The van der Waals surface area contributed by atoms with Gasteiger partial charge in [0.05, 0.1) is 41.1 Å². The molecule has 42 heavy (non-hydrogen) atoms. The van der Waals surface area contributed by atoms with Gasteiger partial charge in [0.1, 0.15) is 5.69 Å². The zero-order valence-electron chi connectivity index (χ0n) is 22.5. The van der Waals surface area contributed by atoms with Crippen molar-refractivity contribution in [2.75, 3.05) is 32.6 Å². The number of alkyl halides is 3. The first-order chi connectivity index (χ1) is 20.0. The van der Waals surface area contributed by atoms with Gasteiger partial charge in [0.15, 0.2) is 12.1 Å². The number of tetrazole rings is 1. The van der Waals surface area contributed by atoms with E-state index in [-0.39, 0.29) is 34.7 Å². The summed E-state index contributed by atoms with van der Waals surface area (Å²) in [5, 5.41) is 28.2. The lowest BCUT2D eigenvalue weighted by Gasteiger charge is -2.12. The van der Waals surface area contributed by atoms with Gasteiger partial charge in [0.25, 0.3) is 11.7 Å². The third kappa shape index (κ3) is 7.65. The summed E-state index contributed by atoms with van der Waals surface area (Å²) >= 11 is 6.00. The molecule has 0 atom stereocenters. The maximum absolute atomic E-state index is 12.8. The zero-order chi connectivity index (χ0) is 30.9. The predicted octanol–water partition coefficient (Wildman–Crippen LogP) is 3.07. The number of aldehydes is 1. The van der Waals surface area contributed by atoms with Gasteiger partial charge >= 0.3 is 6.18 Å². The van der Waals surface area contributed by atoms with E-state index in [9.17, 15) is 22.8 Å². The van der Waals surface area contributed by atoms with Gasteiger partial charge < -0.3 is 15.4 Å². The Kier molecular flexibility index (Phi) is 10.7. The molecule has 17 heteroatoms. The lowest BCUT2D eigenvalue weighted by Crippen LogP contribution is -2.27. The van der Waals surface area contributed by atoms with Crippen molar-refractivity contribution in [3.63, 3.8) is 0 Å². The number of anilines is 1. The Labute approximate surface area is 242 Å². The number of carbonyl (C=O) groups is 2. The van der Waals surface area contributed by atoms with E-state index in [2.05, 4.69) is 36.2 Å². The molecule has 0 aliphatic rings. The fourth-order valence-electron chi connectivity index (χ4n) is 3.70. The van der Waals surface area contributed by atoms with Crippen molar-refractivity contribution in [2.24, 2.45) is 0 Å². The molecule has 1 amide bonds. The van der Waals surface area contributed by atoms with E-state index in [0.717, 1.165) is 15.9 Å². The zero-order valence-corrected chi connectivity index (χ0v) is 23.2. The van der Waals surface area contributed by atoms with Crippen molar-refractivity contribution in [3.8, 4) is 11.9 Å².